The van der Waals surface area contributed by atoms with Crippen molar-refractivity contribution in [1.29, 1.82) is 0 Å². The molecule has 13 unspecified atom stereocenters. The highest BCUT2D eigenvalue weighted by molar-refractivity contribution is 5.73. The molecule has 12 heteroatoms. The van der Waals surface area contributed by atoms with Crippen molar-refractivity contribution in [3.05, 3.63) is 0 Å². The molecule has 0 bridgehead atoms. The molecule has 0 aromatic carbocycles. The maximum Gasteiger partial charge on any atom is 0.311 e. The first-order valence-electron chi connectivity index (χ1n) is 16.2. The quantitative estimate of drug-likeness (QED) is 0.308. The van der Waals surface area contributed by atoms with Gasteiger partial charge < -0.3 is 48.8 Å². The lowest BCUT2D eigenvalue weighted by atomic mass is 9.96. The number of ether oxygens (including phenoxy) is 6. The predicted octanol–water partition coefficient (Wildman–Crippen LogP) is 2.49. The zero-order chi connectivity index (χ0) is 31.7. The maximum absolute atomic E-state index is 13.2. The van der Waals surface area contributed by atoms with Crippen molar-refractivity contribution in [2.75, 3.05) is 0 Å². The summed E-state index contributed by atoms with van der Waals surface area (Å²) in [7, 11) is 0. The maximum atomic E-state index is 13.2. The molecule has 43 heavy (non-hydrogen) atoms. The first kappa shape index (κ1) is 36.1. The van der Waals surface area contributed by atoms with E-state index in [0.717, 1.165) is 57.8 Å². The van der Waals surface area contributed by atoms with E-state index in [-0.39, 0.29) is 12.5 Å². The van der Waals surface area contributed by atoms with Crippen LogP contribution in [0.4, 0.5) is 0 Å². The van der Waals surface area contributed by atoms with Crippen LogP contribution in [0.5, 0.6) is 0 Å². The zero-order valence-electron chi connectivity index (χ0n) is 26.3. The van der Waals surface area contributed by atoms with E-state index in [1.165, 1.54) is 20.8 Å². The third kappa shape index (κ3) is 10.1. The molecule has 0 spiro atoms. The summed E-state index contributed by atoms with van der Waals surface area (Å²) in [6, 6.07) is 0. The fourth-order valence-corrected chi connectivity index (χ4v) is 5.77. The first-order chi connectivity index (χ1) is 20.4. The fourth-order valence-electron chi connectivity index (χ4n) is 5.77. The molecule has 3 aliphatic heterocycles. The number of aliphatic hydroxyl groups excluding tert-OH is 4. The Balaban J connectivity index is 1.98. The Morgan fingerprint density at radius 1 is 0.884 bits per heavy atom. The number of hydrogen-bond donors (Lipinski definition) is 4. The van der Waals surface area contributed by atoms with E-state index in [0.29, 0.717) is 6.42 Å². The highest BCUT2D eigenvalue weighted by Crippen LogP contribution is 2.34. The zero-order valence-corrected chi connectivity index (χ0v) is 26.3. The van der Waals surface area contributed by atoms with Gasteiger partial charge >= 0.3 is 11.9 Å². The van der Waals surface area contributed by atoms with E-state index < -0.39 is 85.4 Å². The van der Waals surface area contributed by atoms with Gasteiger partial charge in [-0.1, -0.05) is 51.9 Å². The van der Waals surface area contributed by atoms with Crippen LogP contribution < -0.4 is 0 Å². The van der Waals surface area contributed by atoms with E-state index in [9.17, 15) is 30.0 Å². The van der Waals surface area contributed by atoms with Gasteiger partial charge in [0.05, 0.1) is 30.3 Å². The second-order valence-electron chi connectivity index (χ2n) is 12.4. The Labute approximate surface area is 255 Å². The van der Waals surface area contributed by atoms with Crippen LogP contribution in [-0.2, 0) is 38.0 Å². The van der Waals surface area contributed by atoms with Crippen molar-refractivity contribution < 1.29 is 58.4 Å². The van der Waals surface area contributed by atoms with Gasteiger partial charge in [-0.05, 0) is 47.0 Å². The SMILES string of the molecule is CCCC1CCCCCCCCCC(=O)OC2C(O1)OC(C)C(OC(=O)C(C)C(C)O)C2OC1OC(C)C(O)C(O)C1O. The van der Waals surface area contributed by atoms with Crippen molar-refractivity contribution in [3.8, 4) is 0 Å². The third-order valence-corrected chi connectivity index (χ3v) is 8.79. The summed E-state index contributed by atoms with van der Waals surface area (Å²) in [5.74, 6) is -2.09. The molecular formula is C31H54O12. The van der Waals surface area contributed by atoms with Crippen LogP contribution in [0, 0.1) is 5.92 Å². The number of aliphatic hydroxyl groups is 4. The molecule has 0 amide bonds. The number of hydrogen-bond acceptors (Lipinski definition) is 12. The van der Waals surface area contributed by atoms with Crippen molar-refractivity contribution in [3.63, 3.8) is 0 Å². The summed E-state index contributed by atoms with van der Waals surface area (Å²) in [5.41, 5.74) is 0. The summed E-state index contributed by atoms with van der Waals surface area (Å²) >= 11 is 0. The lowest BCUT2D eigenvalue weighted by Crippen LogP contribution is -2.65. The Morgan fingerprint density at radius 3 is 2.19 bits per heavy atom. The molecule has 0 radical (unpaired) electrons. The average Bonchev–Trinajstić information content (AvgIpc) is 2.96. The lowest BCUT2D eigenvalue weighted by Gasteiger charge is -2.47. The Bertz CT molecular complexity index is 855. The standard InChI is InChI=1S/C31H54O12/c1-6-14-21-15-12-10-8-7-9-11-13-16-22(33)41-28-27(43-30-25(36)24(35)23(34)19(4)38-30)26(20(5)39-31(28)40-21)42-29(37)17(2)18(3)32/h17-21,23-28,30-32,34-36H,6-16H2,1-5H3. The molecule has 3 heterocycles. The van der Waals surface area contributed by atoms with Crippen LogP contribution in [-0.4, -0.2) is 106 Å². The van der Waals surface area contributed by atoms with Gasteiger partial charge in [-0.25, -0.2) is 0 Å². The normalized spacial score (nSPS) is 40.2. The molecule has 0 saturated carbocycles. The summed E-state index contributed by atoms with van der Waals surface area (Å²) in [6.45, 7) is 8.26. The van der Waals surface area contributed by atoms with Gasteiger partial charge in [0.25, 0.3) is 0 Å². The first-order valence-corrected chi connectivity index (χ1v) is 16.2. The summed E-state index contributed by atoms with van der Waals surface area (Å²) < 4.78 is 36.5. The minimum atomic E-state index is -1.65. The molecule has 3 aliphatic rings. The lowest BCUT2D eigenvalue weighted by molar-refractivity contribution is -0.359. The van der Waals surface area contributed by atoms with E-state index >= 15 is 0 Å². The van der Waals surface area contributed by atoms with Crippen LogP contribution in [0.3, 0.4) is 0 Å². The number of carbonyl (C=O) groups is 2. The van der Waals surface area contributed by atoms with Gasteiger partial charge in [-0.15, -0.1) is 0 Å². The average molecular weight is 619 g/mol. The van der Waals surface area contributed by atoms with Crippen LogP contribution in [0.1, 0.15) is 105 Å². The minimum absolute atomic E-state index is 0.165. The van der Waals surface area contributed by atoms with Gasteiger partial charge in [0.1, 0.15) is 24.4 Å². The van der Waals surface area contributed by atoms with Crippen molar-refractivity contribution in [2.24, 2.45) is 5.92 Å². The monoisotopic (exact) mass is 618 g/mol. The Morgan fingerprint density at radius 2 is 1.53 bits per heavy atom. The van der Waals surface area contributed by atoms with Crippen molar-refractivity contribution in [1.82, 2.24) is 0 Å². The van der Waals surface area contributed by atoms with Gasteiger partial charge in [0.15, 0.2) is 24.8 Å². The van der Waals surface area contributed by atoms with E-state index in [1.54, 1.807) is 6.92 Å². The summed E-state index contributed by atoms with van der Waals surface area (Å²) in [6.07, 6.45) is -4.16. The number of esters is 2. The molecule has 13 atom stereocenters. The molecule has 3 fully saturated rings. The molecule has 0 aromatic heterocycles. The smallest absolute Gasteiger partial charge is 0.311 e. The highest BCUT2D eigenvalue weighted by atomic mass is 16.8. The van der Waals surface area contributed by atoms with E-state index in [4.69, 9.17) is 28.4 Å². The fraction of sp³-hybridized carbons (Fsp3) is 0.935. The highest BCUT2D eigenvalue weighted by Gasteiger charge is 2.54. The number of fused-ring (bicyclic) bond motifs is 1. The molecule has 3 saturated heterocycles. The third-order valence-electron chi connectivity index (χ3n) is 8.79. The van der Waals surface area contributed by atoms with Crippen LogP contribution in [0.15, 0.2) is 0 Å². The Kier molecular flexibility index (Phi) is 14.6. The van der Waals surface area contributed by atoms with Gasteiger partial charge in [-0.3, -0.25) is 9.59 Å². The molecule has 0 aromatic rings. The molecule has 3 rings (SSSR count). The number of rotatable bonds is 7. The van der Waals surface area contributed by atoms with Crippen LogP contribution in [0.25, 0.3) is 0 Å². The predicted molar refractivity (Wildman–Crippen MR) is 154 cm³/mol. The summed E-state index contributed by atoms with van der Waals surface area (Å²) in [5, 5.41) is 41.5. The van der Waals surface area contributed by atoms with E-state index in [2.05, 4.69) is 6.92 Å². The van der Waals surface area contributed by atoms with Crippen LogP contribution >= 0.6 is 0 Å². The van der Waals surface area contributed by atoms with Crippen molar-refractivity contribution in [2.45, 2.75) is 179 Å². The molecule has 4 N–H and O–H groups in total. The molecule has 12 nitrogen and oxygen atoms in total. The van der Waals surface area contributed by atoms with E-state index in [1.807, 2.05) is 0 Å². The van der Waals surface area contributed by atoms with Crippen molar-refractivity contribution >= 4 is 11.9 Å². The second kappa shape index (κ2) is 17.4. The van der Waals surface area contributed by atoms with Crippen LogP contribution in [0.2, 0.25) is 0 Å². The Hall–Kier alpha value is -1.38. The minimum Gasteiger partial charge on any atom is -0.456 e. The largest absolute Gasteiger partial charge is 0.456 e. The number of carbonyl (C=O) groups excluding carboxylic acids is 2. The van der Waals surface area contributed by atoms with Gasteiger partial charge in [0, 0.05) is 6.42 Å². The van der Waals surface area contributed by atoms with Gasteiger partial charge in [-0.2, -0.15) is 0 Å². The molecular weight excluding hydrogens is 564 g/mol. The molecule has 250 valence electrons. The molecule has 0 aliphatic carbocycles. The summed E-state index contributed by atoms with van der Waals surface area (Å²) in [4.78, 5) is 26.2. The van der Waals surface area contributed by atoms with Gasteiger partial charge in [0.2, 0.25) is 0 Å². The second-order valence-corrected chi connectivity index (χ2v) is 12.4. The topological polar surface area (TPSA) is 170 Å².